The summed E-state index contributed by atoms with van der Waals surface area (Å²) in [5, 5.41) is 14.1. The molecule has 0 aliphatic carbocycles. The van der Waals surface area contributed by atoms with E-state index in [0.717, 1.165) is 48.9 Å². The largest absolute Gasteiger partial charge is 0.834 e. The Kier molecular flexibility index (Phi) is 7.16. The van der Waals surface area contributed by atoms with Crippen LogP contribution in [0.25, 0.3) is 0 Å². The van der Waals surface area contributed by atoms with Gasteiger partial charge in [-0.25, -0.2) is 0 Å². The zero-order valence-electron chi connectivity index (χ0n) is 19.1. The summed E-state index contributed by atoms with van der Waals surface area (Å²) in [6.07, 6.45) is 8.53. The number of quaternary nitrogens is 1. The zero-order valence-corrected chi connectivity index (χ0v) is 19.1. The van der Waals surface area contributed by atoms with Gasteiger partial charge in [0.2, 0.25) is 0 Å². The Morgan fingerprint density at radius 3 is 2.36 bits per heavy atom. The van der Waals surface area contributed by atoms with Crippen molar-refractivity contribution in [3.05, 3.63) is 96.1 Å². The number of likely N-dealkylation sites (tertiary alicyclic amines) is 1. The van der Waals surface area contributed by atoms with Crippen LogP contribution in [0.1, 0.15) is 36.1 Å². The van der Waals surface area contributed by atoms with Crippen molar-refractivity contribution in [1.82, 2.24) is 9.97 Å². The van der Waals surface area contributed by atoms with Crippen LogP contribution in [0.3, 0.4) is 0 Å². The van der Waals surface area contributed by atoms with E-state index in [0.29, 0.717) is 17.7 Å². The van der Waals surface area contributed by atoms with Gasteiger partial charge in [-0.05, 0) is 24.0 Å². The van der Waals surface area contributed by atoms with E-state index in [-0.39, 0.29) is 6.10 Å². The minimum absolute atomic E-state index is 0.270. The van der Waals surface area contributed by atoms with Crippen molar-refractivity contribution in [1.29, 1.82) is 0 Å². The number of hydrogen-bond acceptors (Lipinski definition) is 5. The predicted octanol–water partition coefficient (Wildman–Crippen LogP) is 2.87. The van der Waals surface area contributed by atoms with E-state index in [4.69, 9.17) is 4.74 Å². The fraction of sp³-hybridized carbons (Fsp3) is 0.370. The van der Waals surface area contributed by atoms with Gasteiger partial charge in [-0.2, -0.15) is 0 Å². The van der Waals surface area contributed by atoms with Crippen LogP contribution in [0.5, 0.6) is 0 Å². The molecule has 1 unspecified atom stereocenters. The summed E-state index contributed by atoms with van der Waals surface area (Å²) in [5.74, 6) is -0.724. The van der Waals surface area contributed by atoms with Crippen molar-refractivity contribution in [3.8, 4) is 0 Å². The molecule has 33 heavy (non-hydrogen) atoms. The van der Waals surface area contributed by atoms with E-state index in [9.17, 15) is 9.90 Å². The van der Waals surface area contributed by atoms with Gasteiger partial charge in [0.25, 0.3) is 0 Å². The maximum atomic E-state index is 14.1. The van der Waals surface area contributed by atoms with Gasteiger partial charge in [-0.3, -0.25) is 14.8 Å². The van der Waals surface area contributed by atoms with Crippen molar-refractivity contribution in [2.24, 2.45) is 0 Å². The Balaban J connectivity index is 1.44. The molecule has 2 atom stereocenters. The highest BCUT2D eigenvalue weighted by Crippen LogP contribution is 2.30. The minimum Gasteiger partial charge on any atom is -0.834 e. The standard InChI is InChI=1S/C27H31N3O3/c1-30(18-8-14-24-20-28-16-17-29-24)19-9-15-25(21-30)33-26(31)27(32,22-10-4-2-5-11-22)23-12-6-3-7-13-23/h2-7,10-13,16-17,20,25H,8-9,14-15,18-19,21H2,1H3/t25?,30-/m1/s1. The number of aromatic nitrogens is 2. The monoisotopic (exact) mass is 445 g/mol. The van der Waals surface area contributed by atoms with E-state index >= 15 is 0 Å². The molecule has 172 valence electrons. The number of rotatable bonds is 8. The average molecular weight is 446 g/mol. The first-order valence-corrected chi connectivity index (χ1v) is 11.6. The number of esters is 1. The molecule has 1 saturated heterocycles. The second kappa shape index (κ2) is 10.2. The number of piperidine rings is 1. The third-order valence-corrected chi connectivity index (χ3v) is 6.54. The van der Waals surface area contributed by atoms with Crippen LogP contribution >= 0.6 is 0 Å². The molecular formula is C27H31N3O3. The number of aryl methyl sites for hydroxylation is 1. The SMILES string of the molecule is C[N@@+]1(CCCc2cnccn2)CCCC(OC(=O)C([O-])(c2ccccc2)c2ccccc2)C1. The Bertz CT molecular complexity index is 991. The van der Waals surface area contributed by atoms with Crippen LogP contribution in [0.15, 0.2) is 79.3 Å². The van der Waals surface area contributed by atoms with Crippen LogP contribution in [0, 0.1) is 0 Å². The quantitative estimate of drug-likeness (QED) is 0.394. The molecule has 0 spiro atoms. The fourth-order valence-electron chi connectivity index (χ4n) is 4.76. The Morgan fingerprint density at radius 2 is 1.76 bits per heavy atom. The summed E-state index contributed by atoms with van der Waals surface area (Å²) in [5.41, 5.74) is -0.294. The minimum atomic E-state index is -2.09. The number of hydrogen-bond donors (Lipinski definition) is 0. The molecule has 3 aromatic rings. The van der Waals surface area contributed by atoms with E-state index in [1.54, 1.807) is 60.9 Å². The van der Waals surface area contributed by atoms with Gasteiger partial charge in [0, 0.05) is 37.0 Å². The summed E-state index contributed by atoms with van der Waals surface area (Å²) < 4.78 is 6.76. The second-order valence-electron chi connectivity index (χ2n) is 9.13. The van der Waals surface area contributed by atoms with E-state index in [1.165, 1.54) is 0 Å². The summed E-state index contributed by atoms with van der Waals surface area (Å²) in [7, 11) is 2.20. The normalized spacial score (nSPS) is 20.8. The van der Waals surface area contributed by atoms with Crippen molar-refractivity contribution < 1.29 is 19.1 Å². The molecule has 0 amide bonds. The molecule has 0 radical (unpaired) electrons. The van der Waals surface area contributed by atoms with Gasteiger partial charge in [-0.1, -0.05) is 60.7 Å². The van der Waals surface area contributed by atoms with E-state index in [1.807, 2.05) is 18.3 Å². The van der Waals surface area contributed by atoms with Gasteiger partial charge >= 0.3 is 5.97 Å². The smallest absolute Gasteiger partial charge is 0.304 e. The summed E-state index contributed by atoms with van der Waals surface area (Å²) in [6, 6.07) is 17.6. The van der Waals surface area contributed by atoms with Gasteiger partial charge in [-0.15, -0.1) is 0 Å². The van der Waals surface area contributed by atoms with Crippen molar-refractivity contribution in [3.63, 3.8) is 0 Å². The lowest BCUT2D eigenvalue weighted by atomic mass is 9.86. The lowest BCUT2D eigenvalue weighted by molar-refractivity contribution is -0.917. The second-order valence-corrected chi connectivity index (χ2v) is 9.13. The lowest BCUT2D eigenvalue weighted by Crippen LogP contribution is -2.57. The van der Waals surface area contributed by atoms with Crippen molar-refractivity contribution >= 4 is 5.97 Å². The molecule has 6 heteroatoms. The van der Waals surface area contributed by atoms with E-state index < -0.39 is 11.6 Å². The average Bonchev–Trinajstić information content (AvgIpc) is 2.85. The fourth-order valence-corrected chi connectivity index (χ4v) is 4.76. The first kappa shape index (κ1) is 23.1. The van der Waals surface area contributed by atoms with Crippen LogP contribution in [-0.4, -0.2) is 53.2 Å². The lowest BCUT2D eigenvalue weighted by Gasteiger charge is -2.44. The van der Waals surface area contributed by atoms with Gasteiger partial charge in [0.1, 0.15) is 6.54 Å². The number of ether oxygens (including phenoxy) is 1. The highest BCUT2D eigenvalue weighted by Gasteiger charge is 2.37. The van der Waals surface area contributed by atoms with Gasteiger partial charge in [0.15, 0.2) is 6.10 Å². The molecule has 6 nitrogen and oxygen atoms in total. The molecule has 0 saturated carbocycles. The maximum absolute atomic E-state index is 14.1. The molecule has 2 heterocycles. The van der Waals surface area contributed by atoms with Crippen LogP contribution in [-0.2, 0) is 21.6 Å². The summed E-state index contributed by atoms with van der Waals surface area (Å²) >= 11 is 0. The van der Waals surface area contributed by atoms with Crippen LogP contribution < -0.4 is 5.11 Å². The molecule has 1 fully saturated rings. The molecule has 4 rings (SSSR count). The highest BCUT2D eigenvalue weighted by atomic mass is 16.6. The van der Waals surface area contributed by atoms with Gasteiger partial charge < -0.3 is 14.3 Å². The highest BCUT2D eigenvalue weighted by molar-refractivity contribution is 5.85. The van der Waals surface area contributed by atoms with Crippen molar-refractivity contribution in [2.75, 3.05) is 26.7 Å². The van der Waals surface area contributed by atoms with Gasteiger partial charge in [0.05, 0.1) is 25.8 Å². The van der Waals surface area contributed by atoms with Crippen LogP contribution in [0.4, 0.5) is 0 Å². The maximum Gasteiger partial charge on any atom is 0.304 e. The van der Waals surface area contributed by atoms with E-state index in [2.05, 4.69) is 17.0 Å². The number of carbonyl (C=O) groups excluding carboxylic acids is 1. The number of carbonyl (C=O) groups is 1. The van der Waals surface area contributed by atoms with Crippen molar-refractivity contribution in [2.45, 2.75) is 37.4 Å². The summed E-state index contributed by atoms with van der Waals surface area (Å²) in [6.45, 7) is 2.71. The zero-order chi connectivity index (χ0) is 23.2. The number of likely N-dealkylation sites (N-methyl/N-ethyl adjacent to an activating group) is 1. The first-order valence-electron chi connectivity index (χ1n) is 11.6. The topological polar surface area (TPSA) is 75.1 Å². The molecule has 1 aromatic heterocycles. The third-order valence-electron chi connectivity index (χ3n) is 6.54. The molecular weight excluding hydrogens is 414 g/mol. The number of benzene rings is 2. The molecule has 1 aliphatic heterocycles. The van der Waals surface area contributed by atoms with Crippen LogP contribution in [0.2, 0.25) is 0 Å². The Morgan fingerprint density at radius 1 is 1.09 bits per heavy atom. The Labute approximate surface area is 195 Å². The molecule has 2 aromatic carbocycles. The summed E-state index contributed by atoms with van der Waals surface area (Å²) in [4.78, 5) is 21.9. The molecule has 0 bridgehead atoms. The third kappa shape index (κ3) is 5.46. The number of nitrogens with zero attached hydrogens (tertiary/aromatic N) is 3. The molecule has 0 N–H and O–H groups in total. The Hall–Kier alpha value is -3.09. The molecule has 1 aliphatic rings. The first-order chi connectivity index (χ1) is 16.0. The predicted molar refractivity (Wildman–Crippen MR) is 124 cm³/mol.